The predicted octanol–water partition coefficient (Wildman–Crippen LogP) is 4.94. The predicted molar refractivity (Wildman–Crippen MR) is 155 cm³/mol. The number of carboxylic acid groups (broad SMARTS) is 1. The van der Waals surface area contributed by atoms with Crippen LogP contribution in [0.3, 0.4) is 0 Å². The number of aromatic carboxylic acids is 1. The third-order valence-electron chi connectivity index (χ3n) is 6.58. The fourth-order valence-electron chi connectivity index (χ4n) is 4.66. The zero-order chi connectivity index (χ0) is 30.1. The lowest BCUT2D eigenvalue weighted by Gasteiger charge is -2.28. The molecule has 0 radical (unpaired) electrons. The Kier molecular flexibility index (Phi) is 10.6. The molecule has 2 N–H and O–H groups in total. The number of nitrogens with zero attached hydrogens (tertiary/aromatic N) is 2. The van der Waals surface area contributed by atoms with E-state index in [1.165, 1.54) is 30.1 Å². The first-order chi connectivity index (χ1) is 19.6. The topological polar surface area (TPSA) is 133 Å². The summed E-state index contributed by atoms with van der Waals surface area (Å²) in [5.41, 5.74) is 3.32. The summed E-state index contributed by atoms with van der Waals surface area (Å²) in [7, 11) is 0. The van der Waals surface area contributed by atoms with E-state index in [9.17, 15) is 29.1 Å². The summed E-state index contributed by atoms with van der Waals surface area (Å²) in [5, 5.41) is 12.3. The van der Waals surface area contributed by atoms with Gasteiger partial charge in [-0.2, -0.15) is 0 Å². The Bertz CT molecular complexity index is 1450. The highest BCUT2D eigenvalue weighted by molar-refractivity contribution is 6.41. The summed E-state index contributed by atoms with van der Waals surface area (Å²) < 4.78 is 4.97. The first-order valence-corrected chi connectivity index (χ1v) is 13.6. The molecule has 10 nitrogen and oxygen atoms in total. The van der Waals surface area contributed by atoms with Gasteiger partial charge in [0.05, 0.1) is 29.5 Å². The number of para-hydroxylation sites is 1. The fourth-order valence-corrected chi connectivity index (χ4v) is 4.66. The maximum atomic E-state index is 13.6. The van der Waals surface area contributed by atoms with Crippen molar-refractivity contribution in [3.05, 3.63) is 71.8 Å². The fraction of sp³-hybridized carbons (Fsp3) is 0.323. The van der Waals surface area contributed by atoms with Gasteiger partial charge in [-0.05, 0) is 49.4 Å². The number of carboxylic acids is 1. The summed E-state index contributed by atoms with van der Waals surface area (Å²) in [5.74, 6) is -4.80. The maximum Gasteiger partial charge on any atom is 0.397 e. The standard InChI is InChI=1S/C31H35N3O7/c1-5-7-12-19-33(32-21(4)35)28(36)20(3)22-17-18-27(24-14-9-8-13-23(22)24)34(29(37)31(40)41-6-2)26-16-11-10-15-25(26)30(38)39/h8-11,13-18,20H,5-7,12,19H2,1-4H3,(H,32,35)(H,38,39). The number of nitrogens with one attached hydrogen (secondary N) is 1. The molecule has 0 heterocycles. The van der Waals surface area contributed by atoms with E-state index in [0.717, 1.165) is 24.2 Å². The molecule has 3 rings (SSSR count). The lowest BCUT2D eigenvalue weighted by atomic mass is 9.92. The minimum Gasteiger partial charge on any atom is -0.478 e. The van der Waals surface area contributed by atoms with Crippen molar-refractivity contribution in [2.75, 3.05) is 18.1 Å². The number of benzene rings is 3. The number of hydrogen-bond donors (Lipinski definition) is 2. The van der Waals surface area contributed by atoms with Gasteiger partial charge < -0.3 is 9.84 Å². The molecule has 0 fully saturated rings. The molecule has 0 saturated heterocycles. The molecule has 0 spiro atoms. The van der Waals surface area contributed by atoms with Crippen molar-refractivity contribution in [2.45, 2.75) is 52.9 Å². The average molecular weight is 562 g/mol. The second-order valence-corrected chi connectivity index (χ2v) is 9.49. The van der Waals surface area contributed by atoms with Crippen LogP contribution in [0, 0.1) is 0 Å². The van der Waals surface area contributed by atoms with Crippen LogP contribution < -0.4 is 10.3 Å². The van der Waals surface area contributed by atoms with Gasteiger partial charge in [0.15, 0.2) is 0 Å². The lowest BCUT2D eigenvalue weighted by Crippen LogP contribution is -2.47. The van der Waals surface area contributed by atoms with E-state index >= 15 is 0 Å². The lowest BCUT2D eigenvalue weighted by molar-refractivity contribution is -0.152. The summed E-state index contributed by atoms with van der Waals surface area (Å²) >= 11 is 0. The van der Waals surface area contributed by atoms with E-state index in [-0.39, 0.29) is 35.4 Å². The average Bonchev–Trinajstić information content (AvgIpc) is 2.96. The normalized spacial score (nSPS) is 11.4. The quantitative estimate of drug-likeness (QED) is 0.155. The van der Waals surface area contributed by atoms with Gasteiger partial charge in [-0.3, -0.25) is 29.7 Å². The van der Waals surface area contributed by atoms with E-state index in [2.05, 4.69) is 5.43 Å². The molecule has 41 heavy (non-hydrogen) atoms. The number of hydrazine groups is 1. The Morgan fingerprint density at radius 1 is 0.878 bits per heavy atom. The minimum atomic E-state index is -1.27. The van der Waals surface area contributed by atoms with Crippen LogP contribution in [-0.2, 0) is 23.9 Å². The zero-order valence-corrected chi connectivity index (χ0v) is 23.7. The molecule has 216 valence electrons. The smallest absolute Gasteiger partial charge is 0.397 e. The van der Waals surface area contributed by atoms with Crippen molar-refractivity contribution in [1.82, 2.24) is 10.4 Å². The zero-order valence-electron chi connectivity index (χ0n) is 23.7. The Morgan fingerprint density at radius 3 is 2.17 bits per heavy atom. The second kappa shape index (κ2) is 14.1. The molecule has 0 aromatic heterocycles. The van der Waals surface area contributed by atoms with Crippen LogP contribution in [0.25, 0.3) is 10.8 Å². The van der Waals surface area contributed by atoms with Crippen LogP contribution in [-0.4, -0.2) is 52.9 Å². The van der Waals surface area contributed by atoms with E-state index in [1.54, 1.807) is 56.3 Å². The Balaban J connectivity index is 2.17. The van der Waals surface area contributed by atoms with Crippen molar-refractivity contribution in [2.24, 2.45) is 0 Å². The van der Waals surface area contributed by atoms with Crippen LogP contribution >= 0.6 is 0 Å². The Labute approximate surface area is 238 Å². The first kappa shape index (κ1) is 30.8. The number of fused-ring (bicyclic) bond motifs is 1. The third kappa shape index (κ3) is 7.08. The molecular weight excluding hydrogens is 526 g/mol. The maximum absolute atomic E-state index is 13.6. The molecule has 0 aliphatic carbocycles. The molecular formula is C31H35N3O7. The number of carbonyl (C=O) groups is 5. The van der Waals surface area contributed by atoms with Crippen molar-refractivity contribution < 1.29 is 33.8 Å². The van der Waals surface area contributed by atoms with Gasteiger partial charge in [0.1, 0.15) is 0 Å². The minimum absolute atomic E-state index is 0.00663. The summed E-state index contributed by atoms with van der Waals surface area (Å²) in [6.07, 6.45) is 2.58. The number of unbranched alkanes of at least 4 members (excludes halogenated alkanes) is 2. The molecule has 3 amide bonds. The monoisotopic (exact) mass is 561 g/mol. The van der Waals surface area contributed by atoms with E-state index < -0.39 is 23.8 Å². The highest BCUT2D eigenvalue weighted by Gasteiger charge is 2.32. The number of esters is 1. The molecule has 1 atom stereocenters. The van der Waals surface area contributed by atoms with Crippen molar-refractivity contribution in [3.63, 3.8) is 0 Å². The van der Waals surface area contributed by atoms with Gasteiger partial charge in [-0.1, -0.05) is 62.2 Å². The van der Waals surface area contributed by atoms with Crippen LogP contribution in [0.1, 0.15) is 68.8 Å². The molecule has 0 aliphatic heterocycles. The number of carbonyl (C=O) groups excluding carboxylic acids is 4. The van der Waals surface area contributed by atoms with Gasteiger partial charge in [0.25, 0.3) is 0 Å². The number of hydrogen-bond acceptors (Lipinski definition) is 6. The molecule has 10 heteroatoms. The largest absolute Gasteiger partial charge is 0.478 e. The number of rotatable bonds is 10. The molecule has 3 aromatic rings. The summed E-state index contributed by atoms with van der Waals surface area (Å²) in [4.78, 5) is 64.6. The Morgan fingerprint density at radius 2 is 1.54 bits per heavy atom. The second-order valence-electron chi connectivity index (χ2n) is 9.49. The van der Waals surface area contributed by atoms with Crippen LogP contribution in [0.2, 0.25) is 0 Å². The highest BCUT2D eigenvalue weighted by Crippen LogP contribution is 2.38. The SMILES string of the molecule is CCCCCN(NC(C)=O)C(=O)C(C)c1ccc(N(C(=O)C(=O)OCC)c2ccccc2C(=O)O)c2ccccc12. The first-order valence-electron chi connectivity index (χ1n) is 13.6. The van der Waals surface area contributed by atoms with Gasteiger partial charge in [0, 0.05) is 18.9 Å². The van der Waals surface area contributed by atoms with Crippen LogP contribution in [0.4, 0.5) is 11.4 Å². The van der Waals surface area contributed by atoms with Crippen molar-refractivity contribution in [3.8, 4) is 0 Å². The number of anilines is 2. The Hall–Kier alpha value is -4.73. The van der Waals surface area contributed by atoms with E-state index in [1.807, 2.05) is 6.92 Å². The highest BCUT2D eigenvalue weighted by atomic mass is 16.5. The summed E-state index contributed by atoms with van der Waals surface area (Å²) in [6.45, 7) is 7.02. The molecule has 3 aromatic carbocycles. The van der Waals surface area contributed by atoms with Gasteiger partial charge in [0.2, 0.25) is 11.8 Å². The molecule has 0 aliphatic rings. The third-order valence-corrected chi connectivity index (χ3v) is 6.58. The van der Waals surface area contributed by atoms with Crippen LogP contribution in [0.15, 0.2) is 60.7 Å². The summed E-state index contributed by atoms with van der Waals surface area (Å²) in [6, 6.07) is 16.2. The van der Waals surface area contributed by atoms with Gasteiger partial charge in [-0.15, -0.1) is 0 Å². The number of amides is 3. The van der Waals surface area contributed by atoms with E-state index in [4.69, 9.17) is 4.74 Å². The molecule has 1 unspecified atom stereocenters. The van der Waals surface area contributed by atoms with Gasteiger partial charge >= 0.3 is 17.8 Å². The van der Waals surface area contributed by atoms with Crippen molar-refractivity contribution >= 4 is 51.8 Å². The van der Waals surface area contributed by atoms with Crippen LogP contribution in [0.5, 0.6) is 0 Å². The van der Waals surface area contributed by atoms with Gasteiger partial charge in [-0.25, -0.2) is 9.59 Å². The molecule has 0 saturated carbocycles. The molecule has 0 bridgehead atoms. The number of ether oxygens (including phenoxy) is 1. The van der Waals surface area contributed by atoms with Crippen molar-refractivity contribution in [1.29, 1.82) is 0 Å². The van der Waals surface area contributed by atoms with E-state index in [0.29, 0.717) is 22.9 Å².